The maximum atomic E-state index is 11.9. The van der Waals surface area contributed by atoms with Gasteiger partial charge in [0.15, 0.2) is 6.10 Å². The largest absolute Gasteiger partial charge is 0.452 e. The molecule has 1 aromatic carbocycles. The maximum Gasteiger partial charge on any atom is 0.317 e. The van der Waals surface area contributed by atoms with Gasteiger partial charge in [-0.15, -0.1) is 23.1 Å². The highest BCUT2D eigenvalue weighted by molar-refractivity contribution is 8.00. The third kappa shape index (κ3) is 6.20. The molecule has 0 unspecified atom stereocenters. The molecule has 2 rings (SSSR count). The van der Waals surface area contributed by atoms with E-state index in [-0.39, 0.29) is 17.3 Å². The fourth-order valence-electron chi connectivity index (χ4n) is 1.82. The molecule has 1 amide bonds. The molecule has 0 saturated carbocycles. The highest BCUT2D eigenvalue weighted by atomic mass is 32.2. The van der Waals surface area contributed by atoms with Gasteiger partial charge in [-0.25, -0.2) is 0 Å². The van der Waals surface area contributed by atoms with Gasteiger partial charge in [-0.1, -0.05) is 6.07 Å². The zero-order valence-corrected chi connectivity index (χ0v) is 15.0. The van der Waals surface area contributed by atoms with E-state index in [0.29, 0.717) is 11.4 Å². The average Bonchev–Trinajstić information content (AvgIpc) is 3.11. The number of thioether (sulfide) groups is 1. The van der Waals surface area contributed by atoms with Crippen LogP contribution in [0.2, 0.25) is 0 Å². The molecule has 0 fully saturated rings. The second kappa shape index (κ2) is 9.19. The lowest BCUT2D eigenvalue weighted by Crippen LogP contribution is -2.35. The molecule has 1 atom stereocenters. The normalized spacial score (nSPS) is 11.6. The lowest BCUT2D eigenvalue weighted by molar-refractivity contribution is -0.384. The van der Waals surface area contributed by atoms with Crippen LogP contribution in [0.15, 0.2) is 46.7 Å². The Hall–Kier alpha value is -2.39. The fraction of sp³-hybridized carbons (Fsp3) is 0.250. The second-order valence-electron chi connectivity index (χ2n) is 4.97. The molecule has 1 N–H and O–H groups in total. The van der Waals surface area contributed by atoms with E-state index in [1.54, 1.807) is 12.1 Å². The smallest absolute Gasteiger partial charge is 0.317 e. The van der Waals surface area contributed by atoms with Crippen molar-refractivity contribution >= 4 is 40.7 Å². The number of carbonyl (C=O) groups is 2. The van der Waals surface area contributed by atoms with Crippen molar-refractivity contribution in [3.05, 3.63) is 56.8 Å². The van der Waals surface area contributed by atoms with Crippen molar-refractivity contribution in [3.8, 4) is 0 Å². The Morgan fingerprint density at radius 3 is 2.64 bits per heavy atom. The van der Waals surface area contributed by atoms with Gasteiger partial charge in [0.1, 0.15) is 0 Å². The molecule has 132 valence electrons. The number of nitro groups is 1. The summed E-state index contributed by atoms with van der Waals surface area (Å²) in [6.45, 7) is 1.91. The first-order valence-electron chi connectivity index (χ1n) is 7.32. The number of amides is 1. The predicted octanol–water partition coefficient (Wildman–Crippen LogP) is 3.00. The number of rotatable bonds is 8. The van der Waals surface area contributed by atoms with Crippen LogP contribution >= 0.6 is 23.1 Å². The zero-order valence-electron chi connectivity index (χ0n) is 13.3. The molecule has 0 bridgehead atoms. The quantitative estimate of drug-likeness (QED) is 0.327. The Labute approximate surface area is 152 Å². The van der Waals surface area contributed by atoms with Gasteiger partial charge in [-0.3, -0.25) is 19.7 Å². The molecule has 1 aromatic heterocycles. The Balaban J connectivity index is 1.73. The van der Waals surface area contributed by atoms with Crippen LogP contribution in [0.3, 0.4) is 0 Å². The topological polar surface area (TPSA) is 98.5 Å². The molecule has 25 heavy (non-hydrogen) atoms. The summed E-state index contributed by atoms with van der Waals surface area (Å²) in [5, 5.41) is 15.2. The summed E-state index contributed by atoms with van der Waals surface area (Å²) in [6.07, 6.45) is -0.884. The SMILES string of the molecule is C[C@H](OC(=O)CSc1ccc([N+](=O)[O-])cc1)C(=O)NCc1cccs1. The third-order valence-electron chi connectivity index (χ3n) is 3.10. The summed E-state index contributed by atoms with van der Waals surface area (Å²) in [6, 6.07) is 9.66. The summed E-state index contributed by atoms with van der Waals surface area (Å²) >= 11 is 2.72. The molecule has 0 spiro atoms. The summed E-state index contributed by atoms with van der Waals surface area (Å²) in [5.74, 6) is -0.871. The number of nitrogens with one attached hydrogen (secondary N) is 1. The Morgan fingerprint density at radius 2 is 2.04 bits per heavy atom. The highest BCUT2D eigenvalue weighted by Gasteiger charge is 2.17. The van der Waals surface area contributed by atoms with Gasteiger partial charge >= 0.3 is 5.97 Å². The molecule has 7 nitrogen and oxygen atoms in total. The van der Waals surface area contributed by atoms with E-state index in [1.165, 1.54) is 42.2 Å². The van der Waals surface area contributed by atoms with Crippen molar-refractivity contribution in [1.29, 1.82) is 0 Å². The van der Waals surface area contributed by atoms with E-state index in [1.807, 2.05) is 17.5 Å². The van der Waals surface area contributed by atoms with Crippen molar-refractivity contribution < 1.29 is 19.2 Å². The number of benzene rings is 1. The first-order valence-corrected chi connectivity index (χ1v) is 9.19. The number of nitro benzene ring substituents is 1. The maximum absolute atomic E-state index is 11.9. The molecule has 1 heterocycles. The monoisotopic (exact) mass is 380 g/mol. The minimum absolute atomic E-state index is 0.0111. The van der Waals surface area contributed by atoms with Gasteiger partial charge in [-0.05, 0) is 30.5 Å². The van der Waals surface area contributed by atoms with Gasteiger partial charge < -0.3 is 10.1 Å². The minimum Gasteiger partial charge on any atom is -0.452 e. The average molecular weight is 380 g/mol. The summed E-state index contributed by atoms with van der Waals surface area (Å²) < 4.78 is 5.09. The van der Waals surface area contributed by atoms with Crippen molar-refractivity contribution in [1.82, 2.24) is 5.32 Å². The summed E-state index contributed by atoms with van der Waals surface area (Å²) in [5.41, 5.74) is -0.0111. The third-order valence-corrected chi connectivity index (χ3v) is 4.96. The molecular weight excluding hydrogens is 364 g/mol. The van der Waals surface area contributed by atoms with Crippen LogP contribution in [0.5, 0.6) is 0 Å². The molecule has 0 aliphatic heterocycles. The van der Waals surface area contributed by atoms with Gasteiger partial charge in [0.2, 0.25) is 0 Å². The number of hydrogen-bond donors (Lipinski definition) is 1. The van der Waals surface area contributed by atoms with Crippen LogP contribution in [0.4, 0.5) is 5.69 Å². The van der Waals surface area contributed by atoms with Crippen LogP contribution in [-0.4, -0.2) is 28.7 Å². The van der Waals surface area contributed by atoms with E-state index in [2.05, 4.69) is 5.32 Å². The number of esters is 1. The van der Waals surface area contributed by atoms with Crippen LogP contribution in [0.1, 0.15) is 11.8 Å². The van der Waals surface area contributed by atoms with Gasteiger partial charge in [0.05, 0.1) is 17.2 Å². The summed E-state index contributed by atoms with van der Waals surface area (Å²) in [7, 11) is 0. The van der Waals surface area contributed by atoms with Crippen LogP contribution < -0.4 is 5.32 Å². The van der Waals surface area contributed by atoms with Gasteiger partial charge in [0, 0.05) is 21.9 Å². The molecule has 0 radical (unpaired) electrons. The zero-order chi connectivity index (χ0) is 18.2. The van der Waals surface area contributed by atoms with Crippen molar-refractivity contribution in [2.45, 2.75) is 24.5 Å². The van der Waals surface area contributed by atoms with Crippen LogP contribution in [0.25, 0.3) is 0 Å². The number of carbonyl (C=O) groups excluding carboxylic acids is 2. The van der Waals surface area contributed by atoms with Gasteiger partial charge in [0.25, 0.3) is 11.6 Å². The van der Waals surface area contributed by atoms with Crippen LogP contribution in [-0.2, 0) is 20.9 Å². The number of ether oxygens (including phenoxy) is 1. The lowest BCUT2D eigenvalue weighted by atomic mass is 10.3. The van der Waals surface area contributed by atoms with Gasteiger partial charge in [-0.2, -0.15) is 0 Å². The minimum atomic E-state index is -0.884. The number of non-ortho nitro benzene ring substituents is 1. The van der Waals surface area contributed by atoms with Crippen molar-refractivity contribution in [3.63, 3.8) is 0 Å². The Bertz CT molecular complexity index is 731. The van der Waals surface area contributed by atoms with E-state index in [0.717, 1.165) is 4.88 Å². The Morgan fingerprint density at radius 1 is 1.32 bits per heavy atom. The Kier molecular flexibility index (Phi) is 6.96. The number of hydrogen-bond acceptors (Lipinski definition) is 7. The van der Waals surface area contributed by atoms with E-state index < -0.39 is 17.0 Å². The molecule has 9 heteroatoms. The number of thiophene rings is 1. The van der Waals surface area contributed by atoms with Crippen LogP contribution in [0, 0.1) is 10.1 Å². The van der Waals surface area contributed by atoms with E-state index in [4.69, 9.17) is 4.74 Å². The lowest BCUT2D eigenvalue weighted by Gasteiger charge is -2.13. The highest BCUT2D eigenvalue weighted by Crippen LogP contribution is 2.21. The molecule has 0 aliphatic carbocycles. The summed E-state index contributed by atoms with van der Waals surface area (Å²) in [4.78, 5) is 35.5. The standard InChI is InChI=1S/C16H16N2O5S2/c1-11(16(20)17-9-14-3-2-8-24-14)23-15(19)10-25-13-6-4-12(5-7-13)18(21)22/h2-8,11H,9-10H2,1H3,(H,17,20)/t11-/m0/s1. The predicted molar refractivity (Wildman–Crippen MR) is 95.5 cm³/mol. The van der Waals surface area contributed by atoms with Crippen molar-refractivity contribution in [2.75, 3.05) is 5.75 Å². The second-order valence-corrected chi connectivity index (χ2v) is 7.05. The fourth-order valence-corrected chi connectivity index (χ4v) is 3.15. The number of nitrogens with zero attached hydrogens (tertiary/aromatic N) is 1. The molecule has 0 saturated heterocycles. The molecule has 2 aromatic rings. The molecule has 0 aliphatic rings. The van der Waals surface area contributed by atoms with Crippen molar-refractivity contribution in [2.24, 2.45) is 0 Å². The van der Waals surface area contributed by atoms with E-state index in [9.17, 15) is 19.7 Å². The van der Waals surface area contributed by atoms with E-state index >= 15 is 0 Å². The first-order chi connectivity index (χ1) is 12.0. The first kappa shape index (κ1) is 18.9. The molecular formula is C16H16N2O5S2.